The summed E-state index contributed by atoms with van der Waals surface area (Å²) >= 11 is 0. The van der Waals surface area contributed by atoms with Gasteiger partial charge in [-0.05, 0) is 32.3 Å². The van der Waals surface area contributed by atoms with Crippen molar-refractivity contribution < 1.29 is 14.2 Å². The monoisotopic (exact) mass is 392 g/mol. The summed E-state index contributed by atoms with van der Waals surface area (Å²) in [5.74, 6) is 0.598. The van der Waals surface area contributed by atoms with Gasteiger partial charge in [0.15, 0.2) is 0 Å². The van der Waals surface area contributed by atoms with Crippen LogP contribution in [0.25, 0.3) is 11.4 Å². The number of non-ortho nitro benzene ring substituents is 1. The molecule has 1 aliphatic heterocycles. The maximum Gasteiger partial charge on any atom is 0.270 e. The molecule has 0 N–H and O–H groups in total. The summed E-state index contributed by atoms with van der Waals surface area (Å²) < 4.78 is 5.50. The summed E-state index contributed by atoms with van der Waals surface area (Å²) in [6.07, 6.45) is 2.50. The molecule has 1 aliphatic rings. The first-order valence-corrected chi connectivity index (χ1v) is 9.49. The quantitative estimate of drug-likeness (QED) is 0.484. The Labute approximate surface area is 167 Å². The maximum atomic E-state index is 13.1. The Balaban J connectivity index is 1.61. The predicted molar refractivity (Wildman–Crippen MR) is 105 cm³/mol. The molecular weight excluding hydrogens is 372 g/mol. The van der Waals surface area contributed by atoms with Crippen molar-refractivity contribution in [2.45, 2.75) is 32.2 Å². The fourth-order valence-corrected chi connectivity index (χ4v) is 3.54. The first kappa shape index (κ1) is 18.8. The normalized spacial score (nSPS) is 16.6. The van der Waals surface area contributed by atoms with Crippen molar-refractivity contribution in [3.63, 3.8) is 0 Å². The zero-order valence-electron chi connectivity index (χ0n) is 15.9. The number of carbonyl (C=O) groups excluding carboxylic acids is 1. The summed E-state index contributed by atoms with van der Waals surface area (Å²) in [6.45, 7) is 2.54. The number of nitrogens with zero attached hydrogens (tertiary/aromatic N) is 4. The van der Waals surface area contributed by atoms with Crippen LogP contribution in [0.2, 0.25) is 0 Å². The van der Waals surface area contributed by atoms with E-state index in [1.807, 2.05) is 31.2 Å². The fourth-order valence-electron chi connectivity index (χ4n) is 3.54. The minimum atomic E-state index is -0.504. The van der Waals surface area contributed by atoms with Crippen molar-refractivity contribution >= 4 is 11.6 Å². The van der Waals surface area contributed by atoms with Crippen LogP contribution in [-0.2, 0) is 0 Å². The van der Waals surface area contributed by atoms with E-state index in [9.17, 15) is 14.9 Å². The standard InChI is InChI=1S/C21H20N4O4/c1-14-8-10-15(11-9-14)19-22-20(29-23-19)18-7-2-3-12-24(18)21(26)16-5-4-6-17(13-16)25(27)28/h4-6,8-11,13,18H,2-3,7,12H2,1H3/t18-/m0/s1. The van der Waals surface area contributed by atoms with Crippen LogP contribution in [0.15, 0.2) is 53.1 Å². The molecule has 1 saturated heterocycles. The number of likely N-dealkylation sites (tertiary alicyclic amines) is 1. The van der Waals surface area contributed by atoms with Crippen molar-refractivity contribution in [3.8, 4) is 11.4 Å². The second-order valence-corrected chi connectivity index (χ2v) is 7.14. The lowest BCUT2D eigenvalue weighted by atomic mass is 10.0. The minimum absolute atomic E-state index is 0.108. The van der Waals surface area contributed by atoms with Crippen molar-refractivity contribution in [1.29, 1.82) is 0 Å². The molecule has 4 rings (SSSR count). The Morgan fingerprint density at radius 1 is 1.21 bits per heavy atom. The van der Waals surface area contributed by atoms with E-state index in [1.54, 1.807) is 11.0 Å². The largest absolute Gasteiger partial charge is 0.337 e. The average molecular weight is 392 g/mol. The third kappa shape index (κ3) is 3.87. The van der Waals surface area contributed by atoms with Gasteiger partial charge in [-0.2, -0.15) is 4.98 Å². The van der Waals surface area contributed by atoms with Crippen molar-refractivity contribution in [2.75, 3.05) is 6.54 Å². The van der Waals surface area contributed by atoms with Crippen LogP contribution >= 0.6 is 0 Å². The first-order chi connectivity index (χ1) is 14.0. The molecule has 3 aromatic rings. The van der Waals surface area contributed by atoms with Gasteiger partial charge in [-0.15, -0.1) is 0 Å². The van der Waals surface area contributed by atoms with E-state index in [1.165, 1.54) is 18.2 Å². The van der Waals surface area contributed by atoms with Gasteiger partial charge in [0.1, 0.15) is 6.04 Å². The molecule has 8 heteroatoms. The summed E-state index contributed by atoms with van der Waals surface area (Å²) in [7, 11) is 0. The molecule has 2 heterocycles. The molecule has 29 heavy (non-hydrogen) atoms. The van der Waals surface area contributed by atoms with Crippen LogP contribution in [0, 0.1) is 17.0 Å². The zero-order valence-corrected chi connectivity index (χ0v) is 15.9. The number of benzene rings is 2. The van der Waals surface area contributed by atoms with E-state index in [0.29, 0.717) is 24.7 Å². The van der Waals surface area contributed by atoms with Crippen LogP contribution in [0.3, 0.4) is 0 Å². The minimum Gasteiger partial charge on any atom is -0.337 e. The topological polar surface area (TPSA) is 102 Å². The lowest BCUT2D eigenvalue weighted by Gasteiger charge is -2.33. The number of aryl methyl sites for hydroxylation is 1. The number of amides is 1. The first-order valence-electron chi connectivity index (χ1n) is 9.49. The number of hydrogen-bond acceptors (Lipinski definition) is 6. The summed E-state index contributed by atoms with van der Waals surface area (Å²) in [5, 5.41) is 15.1. The highest BCUT2D eigenvalue weighted by molar-refractivity contribution is 5.95. The molecule has 0 radical (unpaired) electrons. The molecular formula is C21H20N4O4. The van der Waals surface area contributed by atoms with Crippen LogP contribution in [-0.4, -0.2) is 32.4 Å². The lowest BCUT2D eigenvalue weighted by molar-refractivity contribution is -0.384. The Hall–Kier alpha value is -3.55. The van der Waals surface area contributed by atoms with E-state index in [2.05, 4.69) is 10.1 Å². The number of nitro benzene ring substituents is 1. The number of carbonyl (C=O) groups is 1. The second kappa shape index (κ2) is 7.83. The lowest BCUT2D eigenvalue weighted by Crippen LogP contribution is -2.38. The summed E-state index contributed by atoms with van der Waals surface area (Å²) in [5.41, 5.74) is 2.16. The van der Waals surface area contributed by atoms with Crippen LogP contribution in [0.1, 0.15) is 47.1 Å². The predicted octanol–water partition coefficient (Wildman–Crippen LogP) is 4.32. The molecule has 1 atom stereocenters. The van der Waals surface area contributed by atoms with Gasteiger partial charge in [0.05, 0.1) is 4.92 Å². The molecule has 2 aromatic carbocycles. The summed E-state index contributed by atoms with van der Waals surface area (Å²) in [6, 6.07) is 13.2. The van der Waals surface area contributed by atoms with Crippen LogP contribution in [0.5, 0.6) is 0 Å². The third-order valence-electron chi connectivity index (χ3n) is 5.10. The molecule has 148 valence electrons. The maximum absolute atomic E-state index is 13.1. The number of hydrogen-bond donors (Lipinski definition) is 0. The van der Waals surface area contributed by atoms with Crippen LogP contribution in [0.4, 0.5) is 5.69 Å². The number of piperidine rings is 1. The Morgan fingerprint density at radius 2 is 2.00 bits per heavy atom. The van der Waals surface area contributed by atoms with E-state index in [4.69, 9.17) is 4.52 Å². The van der Waals surface area contributed by atoms with Crippen molar-refractivity contribution in [2.24, 2.45) is 0 Å². The summed E-state index contributed by atoms with van der Waals surface area (Å²) in [4.78, 5) is 29.8. The smallest absolute Gasteiger partial charge is 0.270 e. The Bertz CT molecular complexity index is 1040. The Kier molecular flexibility index (Phi) is 5.07. The van der Waals surface area contributed by atoms with Crippen molar-refractivity contribution in [1.82, 2.24) is 15.0 Å². The van der Waals surface area contributed by atoms with Gasteiger partial charge in [-0.1, -0.05) is 41.1 Å². The van der Waals surface area contributed by atoms with E-state index >= 15 is 0 Å². The molecule has 0 spiro atoms. The highest BCUT2D eigenvalue weighted by Gasteiger charge is 2.33. The Morgan fingerprint density at radius 3 is 2.76 bits per heavy atom. The van der Waals surface area contributed by atoms with Gasteiger partial charge in [0.25, 0.3) is 11.6 Å². The third-order valence-corrected chi connectivity index (χ3v) is 5.10. The molecule has 0 aliphatic carbocycles. The van der Waals surface area contributed by atoms with Gasteiger partial charge in [-0.25, -0.2) is 0 Å². The van der Waals surface area contributed by atoms with E-state index in [0.717, 1.165) is 24.0 Å². The zero-order chi connectivity index (χ0) is 20.4. The second-order valence-electron chi connectivity index (χ2n) is 7.14. The van der Waals surface area contributed by atoms with Gasteiger partial charge < -0.3 is 9.42 Å². The molecule has 1 fully saturated rings. The van der Waals surface area contributed by atoms with E-state index < -0.39 is 4.92 Å². The van der Waals surface area contributed by atoms with Gasteiger partial charge in [0, 0.05) is 29.8 Å². The van der Waals surface area contributed by atoms with Crippen molar-refractivity contribution in [3.05, 3.63) is 75.7 Å². The molecule has 8 nitrogen and oxygen atoms in total. The average Bonchev–Trinajstić information content (AvgIpc) is 3.24. The van der Waals surface area contributed by atoms with Gasteiger partial charge in [0.2, 0.25) is 11.7 Å². The van der Waals surface area contributed by atoms with E-state index in [-0.39, 0.29) is 23.2 Å². The van der Waals surface area contributed by atoms with Gasteiger partial charge >= 0.3 is 0 Å². The molecule has 0 bridgehead atoms. The SMILES string of the molecule is Cc1ccc(-c2noc([C@@H]3CCCCN3C(=O)c3cccc([N+](=O)[O-])c3)n2)cc1. The molecule has 1 aromatic heterocycles. The number of aromatic nitrogens is 2. The molecule has 0 saturated carbocycles. The number of nitro groups is 1. The highest BCUT2D eigenvalue weighted by atomic mass is 16.6. The van der Waals surface area contributed by atoms with Crippen LogP contribution < -0.4 is 0 Å². The van der Waals surface area contributed by atoms with Gasteiger partial charge in [-0.3, -0.25) is 14.9 Å². The fraction of sp³-hybridized carbons (Fsp3) is 0.286. The highest BCUT2D eigenvalue weighted by Crippen LogP contribution is 2.32. The molecule has 0 unspecified atom stereocenters. The number of rotatable bonds is 4. The molecule has 1 amide bonds.